The van der Waals surface area contributed by atoms with Gasteiger partial charge < -0.3 is 21.3 Å². The van der Waals surface area contributed by atoms with E-state index < -0.39 is 12.1 Å². The molecule has 0 fully saturated rings. The number of carbonyl (C=O) groups is 3. The highest BCUT2D eigenvalue weighted by Gasteiger charge is 2.29. The van der Waals surface area contributed by atoms with Crippen molar-refractivity contribution in [3.8, 4) is 0 Å². The fourth-order valence-corrected chi connectivity index (χ4v) is 2.95. The summed E-state index contributed by atoms with van der Waals surface area (Å²) in [6.45, 7) is 15.2. The van der Waals surface area contributed by atoms with E-state index in [1.807, 2.05) is 27.7 Å². The van der Waals surface area contributed by atoms with Gasteiger partial charge in [-0.25, -0.2) is 0 Å². The number of nitrogens with one attached hydrogen (secondary N) is 4. The fraction of sp³-hybridized carbons (Fsp3) is 0.857. The van der Waals surface area contributed by atoms with Crippen LogP contribution < -0.4 is 21.3 Å². The molecule has 0 aromatic rings. The second-order valence-corrected chi connectivity index (χ2v) is 8.00. The first-order valence-electron chi connectivity index (χ1n) is 10.7. The van der Waals surface area contributed by atoms with Crippen LogP contribution in [0.5, 0.6) is 0 Å². The molecule has 2 amide bonds. The Hall–Kier alpha value is -1.47. The van der Waals surface area contributed by atoms with Gasteiger partial charge in [0.2, 0.25) is 11.8 Å². The van der Waals surface area contributed by atoms with Gasteiger partial charge in [-0.2, -0.15) is 0 Å². The van der Waals surface area contributed by atoms with Gasteiger partial charge in [0, 0.05) is 12.5 Å². The molecule has 0 aliphatic heterocycles. The number of rotatable bonds is 15. The van der Waals surface area contributed by atoms with Crippen molar-refractivity contribution < 1.29 is 14.4 Å². The minimum atomic E-state index is -0.669. The van der Waals surface area contributed by atoms with Crippen LogP contribution in [-0.2, 0) is 14.4 Å². The first-order chi connectivity index (χ1) is 13.1. The summed E-state index contributed by atoms with van der Waals surface area (Å²) in [7, 11) is 0. The lowest BCUT2D eigenvalue weighted by Crippen LogP contribution is -2.57. The molecule has 0 heterocycles. The minimum absolute atomic E-state index is 0.0257. The highest BCUT2D eigenvalue weighted by molar-refractivity contribution is 5.93. The predicted molar refractivity (Wildman–Crippen MR) is 114 cm³/mol. The third-order valence-corrected chi connectivity index (χ3v) is 4.63. The van der Waals surface area contributed by atoms with Crippen LogP contribution in [-0.4, -0.2) is 54.9 Å². The van der Waals surface area contributed by atoms with Crippen molar-refractivity contribution in [1.29, 1.82) is 0 Å². The summed E-state index contributed by atoms with van der Waals surface area (Å²) in [4.78, 5) is 37.2. The average Bonchev–Trinajstić information content (AvgIpc) is 2.63. The number of hydrogen-bond donors (Lipinski definition) is 4. The second-order valence-electron chi connectivity index (χ2n) is 8.00. The molecule has 4 N–H and O–H groups in total. The zero-order chi connectivity index (χ0) is 21.7. The molecule has 0 aliphatic carbocycles. The van der Waals surface area contributed by atoms with Crippen LogP contribution in [0.3, 0.4) is 0 Å². The normalized spacial score (nSPS) is 14.6. The van der Waals surface area contributed by atoms with E-state index in [1.165, 1.54) is 0 Å². The standard InChI is InChI=1S/C21H42N4O3/c1-8-18(26)16(7)24-21(28)19(14(3)4)25-20(27)17(23-15(5)6)12-10-11-13-22-9-2/h14-17,19,22-23H,8-13H2,1-7H3,(H,24,28)(H,25,27)/t16-,17+,19-/m0/s1. The zero-order valence-corrected chi connectivity index (χ0v) is 18.9. The maximum atomic E-state index is 12.9. The van der Waals surface area contributed by atoms with Crippen molar-refractivity contribution in [3.05, 3.63) is 0 Å². The number of Topliss-reactive ketones (excluding diaryl/α,β-unsaturated/α-hetero) is 1. The quantitative estimate of drug-likeness (QED) is 0.315. The van der Waals surface area contributed by atoms with Crippen molar-refractivity contribution in [2.75, 3.05) is 13.1 Å². The molecule has 0 radical (unpaired) electrons. The molecular weight excluding hydrogens is 356 g/mol. The van der Waals surface area contributed by atoms with Crippen molar-refractivity contribution >= 4 is 17.6 Å². The predicted octanol–water partition coefficient (Wildman–Crippen LogP) is 1.76. The first-order valence-corrected chi connectivity index (χ1v) is 10.7. The van der Waals surface area contributed by atoms with E-state index in [4.69, 9.17) is 0 Å². The minimum Gasteiger partial charge on any atom is -0.345 e. The van der Waals surface area contributed by atoms with Crippen molar-refractivity contribution in [3.63, 3.8) is 0 Å². The summed E-state index contributed by atoms with van der Waals surface area (Å²) in [5.74, 6) is -0.586. The maximum absolute atomic E-state index is 12.9. The van der Waals surface area contributed by atoms with Crippen LogP contribution in [0.4, 0.5) is 0 Å². The summed E-state index contributed by atoms with van der Waals surface area (Å²) in [5, 5.41) is 12.2. The number of amides is 2. The van der Waals surface area contributed by atoms with Gasteiger partial charge in [0.05, 0.1) is 12.1 Å². The molecule has 0 bridgehead atoms. The van der Waals surface area contributed by atoms with E-state index in [0.717, 1.165) is 25.9 Å². The largest absolute Gasteiger partial charge is 0.345 e. The summed E-state index contributed by atoms with van der Waals surface area (Å²) in [6.07, 6.45) is 3.01. The Morgan fingerprint density at radius 3 is 2.00 bits per heavy atom. The Labute approximate surface area is 171 Å². The Kier molecular flexibility index (Phi) is 13.8. The molecule has 0 spiro atoms. The van der Waals surface area contributed by atoms with E-state index >= 15 is 0 Å². The molecule has 0 aromatic carbocycles. The molecule has 3 atom stereocenters. The van der Waals surface area contributed by atoms with Gasteiger partial charge in [-0.05, 0) is 38.8 Å². The molecule has 0 saturated carbocycles. The number of hydrogen-bond acceptors (Lipinski definition) is 5. The highest BCUT2D eigenvalue weighted by atomic mass is 16.2. The Morgan fingerprint density at radius 2 is 1.50 bits per heavy atom. The second kappa shape index (κ2) is 14.5. The summed E-state index contributed by atoms with van der Waals surface area (Å²) in [6, 6.07) is -1.40. The van der Waals surface area contributed by atoms with E-state index in [-0.39, 0.29) is 35.6 Å². The summed E-state index contributed by atoms with van der Waals surface area (Å²) in [5.41, 5.74) is 0. The number of carbonyl (C=O) groups excluding carboxylic acids is 3. The van der Waals surface area contributed by atoms with Crippen molar-refractivity contribution in [2.24, 2.45) is 5.92 Å². The van der Waals surface area contributed by atoms with E-state index in [9.17, 15) is 14.4 Å². The van der Waals surface area contributed by atoms with E-state index in [2.05, 4.69) is 28.2 Å². The van der Waals surface area contributed by atoms with Gasteiger partial charge in [0.25, 0.3) is 0 Å². The molecule has 28 heavy (non-hydrogen) atoms. The summed E-state index contributed by atoms with van der Waals surface area (Å²) < 4.78 is 0. The smallest absolute Gasteiger partial charge is 0.243 e. The van der Waals surface area contributed by atoms with Gasteiger partial charge in [-0.1, -0.05) is 48.0 Å². The van der Waals surface area contributed by atoms with Crippen LogP contribution in [0.15, 0.2) is 0 Å². The molecule has 0 unspecified atom stereocenters. The Morgan fingerprint density at radius 1 is 0.857 bits per heavy atom. The van der Waals surface area contributed by atoms with Gasteiger partial charge in [-0.3, -0.25) is 14.4 Å². The Balaban J connectivity index is 4.92. The molecule has 7 heteroatoms. The number of unbranched alkanes of at least 4 members (excludes halogenated alkanes) is 1. The maximum Gasteiger partial charge on any atom is 0.243 e. The zero-order valence-electron chi connectivity index (χ0n) is 18.9. The van der Waals surface area contributed by atoms with Crippen LogP contribution in [0.1, 0.15) is 74.1 Å². The average molecular weight is 399 g/mol. The van der Waals surface area contributed by atoms with Gasteiger partial charge in [-0.15, -0.1) is 0 Å². The molecule has 0 rings (SSSR count). The van der Waals surface area contributed by atoms with Gasteiger partial charge in [0.15, 0.2) is 5.78 Å². The first kappa shape index (κ1) is 26.5. The lowest BCUT2D eigenvalue weighted by atomic mass is 10.0. The fourth-order valence-electron chi connectivity index (χ4n) is 2.95. The van der Waals surface area contributed by atoms with Gasteiger partial charge >= 0.3 is 0 Å². The van der Waals surface area contributed by atoms with Crippen LogP contribution in [0.25, 0.3) is 0 Å². The third-order valence-electron chi connectivity index (χ3n) is 4.63. The molecule has 0 saturated heterocycles. The van der Waals surface area contributed by atoms with Crippen LogP contribution in [0, 0.1) is 5.92 Å². The topological polar surface area (TPSA) is 99.3 Å². The van der Waals surface area contributed by atoms with Crippen molar-refractivity contribution in [1.82, 2.24) is 21.3 Å². The van der Waals surface area contributed by atoms with Gasteiger partial charge in [0.1, 0.15) is 6.04 Å². The molecule has 7 nitrogen and oxygen atoms in total. The third kappa shape index (κ3) is 10.8. The molecule has 0 aromatic heterocycles. The monoisotopic (exact) mass is 398 g/mol. The summed E-state index contributed by atoms with van der Waals surface area (Å²) >= 11 is 0. The van der Waals surface area contributed by atoms with Crippen LogP contribution >= 0.6 is 0 Å². The van der Waals surface area contributed by atoms with E-state index in [0.29, 0.717) is 12.8 Å². The lowest BCUT2D eigenvalue weighted by Gasteiger charge is -2.27. The molecular formula is C21H42N4O3. The lowest BCUT2D eigenvalue weighted by molar-refractivity contribution is -0.133. The SMILES string of the molecule is CCNCCCC[C@@H](NC(C)C)C(=O)N[C@H](C(=O)N[C@@H](C)C(=O)CC)C(C)C. The molecule has 0 aliphatic rings. The van der Waals surface area contributed by atoms with Crippen LogP contribution in [0.2, 0.25) is 0 Å². The number of ketones is 1. The highest BCUT2D eigenvalue weighted by Crippen LogP contribution is 2.07. The van der Waals surface area contributed by atoms with E-state index in [1.54, 1.807) is 13.8 Å². The molecule has 164 valence electrons. The van der Waals surface area contributed by atoms with Crippen molar-refractivity contribution in [2.45, 2.75) is 98.3 Å². The Bertz CT molecular complexity index is 480.